The summed E-state index contributed by atoms with van der Waals surface area (Å²) < 4.78 is 6.26. The topological polar surface area (TPSA) is 38.3 Å². The number of hydrogen-bond donors (Lipinski definition) is 1. The first-order chi connectivity index (χ1) is 13.8. The zero-order valence-corrected chi connectivity index (χ0v) is 20.6. The second kappa shape index (κ2) is 15.1. The van der Waals surface area contributed by atoms with Crippen molar-refractivity contribution in [2.75, 3.05) is 6.61 Å². The van der Waals surface area contributed by atoms with Crippen LogP contribution >= 0.6 is 0 Å². The number of carbonyl (C=O) groups excluding carboxylic acids is 1. The fraction of sp³-hybridized carbons (Fsp3) is 0.720. The molecule has 0 saturated carbocycles. The van der Waals surface area contributed by atoms with Crippen molar-refractivity contribution in [1.82, 2.24) is 5.32 Å². The fourth-order valence-electron chi connectivity index (χ4n) is 3.10. The van der Waals surface area contributed by atoms with Gasteiger partial charge in [0.05, 0.1) is 0 Å². The van der Waals surface area contributed by atoms with Gasteiger partial charge in [-0.2, -0.15) is 0 Å². The molecule has 166 valence electrons. The Hall–Kier alpha value is -0.818. The molecule has 0 aliphatic heterocycles. The molecule has 0 bridgehead atoms. The van der Waals surface area contributed by atoms with E-state index in [0.29, 0.717) is 15.2 Å². The summed E-state index contributed by atoms with van der Waals surface area (Å²) in [4.78, 5) is 12.4. The molecule has 0 aliphatic rings. The van der Waals surface area contributed by atoms with Crippen molar-refractivity contribution in [1.29, 1.82) is 0 Å². The summed E-state index contributed by atoms with van der Waals surface area (Å²) in [5.74, 6) is 0.110. The molecule has 2 atom stereocenters. The molecule has 4 heteroatoms. The van der Waals surface area contributed by atoms with E-state index >= 15 is 0 Å². The van der Waals surface area contributed by atoms with Crippen LogP contribution in [-0.2, 0) is 31.2 Å². The number of benzene rings is 1. The van der Waals surface area contributed by atoms with Gasteiger partial charge in [0, 0.05) is 0 Å². The molecule has 29 heavy (non-hydrogen) atoms. The third-order valence-corrected chi connectivity index (χ3v) is 6.93. The van der Waals surface area contributed by atoms with Crippen molar-refractivity contribution < 1.29 is 24.8 Å². The Balaban J connectivity index is 2.30. The minimum absolute atomic E-state index is 0.0669. The van der Waals surface area contributed by atoms with Crippen molar-refractivity contribution >= 4 is 5.91 Å². The zero-order chi connectivity index (χ0) is 21.5. The second-order valence-corrected chi connectivity index (χ2v) is 10.9. The van der Waals surface area contributed by atoms with Crippen molar-refractivity contribution in [3.63, 3.8) is 0 Å². The van der Waals surface area contributed by atoms with Crippen LogP contribution in [0.4, 0.5) is 0 Å². The second-order valence-electron chi connectivity index (χ2n) is 8.97. The number of carbonyl (C=O) groups is 1. The van der Waals surface area contributed by atoms with Crippen LogP contribution in [-0.4, -0.2) is 24.7 Å². The predicted molar refractivity (Wildman–Crippen MR) is 120 cm³/mol. The van der Waals surface area contributed by atoms with Gasteiger partial charge in [-0.15, -0.1) is 0 Å². The van der Waals surface area contributed by atoms with Crippen LogP contribution in [0.1, 0.15) is 78.7 Å². The van der Waals surface area contributed by atoms with Gasteiger partial charge in [0.15, 0.2) is 0 Å². The molecule has 0 fully saturated rings. The third-order valence-electron chi connectivity index (χ3n) is 5.03. The molecule has 0 aromatic heterocycles. The Morgan fingerprint density at radius 1 is 1.07 bits per heavy atom. The van der Waals surface area contributed by atoms with Crippen molar-refractivity contribution in [2.24, 2.45) is 5.41 Å². The van der Waals surface area contributed by atoms with Crippen LogP contribution in [0.5, 0.6) is 0 Å². The number of hydrogen-bond acceptors (Lipinski definition) is 2. The molecule has 1 N–H and O–H groups in total. The number of unbranched alkanes of at least 4 members (excludes halogenated alkanes) is 3. The molecule has 3 nitrogen and oxygen atoms in total. The van der Waals surface area contributed by atoms with E-state index in [4.69, 9.17) is 4.74 Å². The first-order valence-corrected chi connectivity index (χ1v) is 13.2. The average Bonchev–Trinajstić information content (AvgIpc) is 2.68. The normalized spacial score (nSPS) is 13.8. The van der Waals surface area contributed by atoms with E-state index in [9.17, 15) is 4.79 Å². The molecule has 1 amide bonds. The van der Waals surface area contributed by atoms with E-state index in [0.717, 1.165) is 19.4 Å². The summed E-state index contributed by atoms with van der Waals surface area (Å²) in [5, 5.41) is 5.75. The summed E-state index contributed by atoms with van der Waals surface area (Å²) >= 11 is 0.696. The van der Waals surface area contributed by atoms with Crippen LogP contribution < -0.4 is 5.32 Å². The average molecular weight is 442 g/mol. The quantitative estimate of drug-likeness (QED) is 0.318. The van der Waals surface area contributed by atoms with Crippen molar-refractivity contribution in [2.45, 2.75) is 102 Å². The predicted octanol–water partition coefficient (Wildman–Crippen LogP) is 6.44. The van der Waals surface area contributed by atoms with Gasteiger partial charge < -0.3 is 0 Å². The molecule has 0 radical (unpaired) electrons. The number of amides is 1. The van der Waals surface area contributed by atoms with E-state index in [1.165, 1.54) is 48.2 Å². The molecule has 0 spiro atoms. The molecular weight excluding hydrogens is 398 g/mol. The van der Waals surface area contributed by atoms with Gasteiger partial charge in [0.1, 0.15) is 0 Å². The van der Waals surface area contributed by atoms with E-state index in [1.54, 1.807) is 0 Å². The van der Waals surface area contributed by atoms with Gasteiger partial charge in [-0.1, -0.05) is 18.2 Å². The van der Waals surface area contributed by atoms with E-state index in [2.05, 4.69) is 49.5 Å². The van der Waals surface area contributed by atoms with Crippen molar-refractivity contribution in [3.8, 4) is 0 Å². The molecule has 1 aromatic rings. The Morgan fingerprint density at radius 3 is 2.41 bits per heavy atom. The van der Waals surface area contributed by atoms with Gasteiger partial charge in [-0.3, -0.25) is 0 Å². The van der Waals surface area contributed by atoms with Crippen molar-refractivity contribution in [3.05, 3.63) is 35.9 Å². The first-order valence-electron chi connectivity index (χ1n) is 11.4. The summed E-state index contributed by atoms with van der Waals surface area (Å²) in [6.07, 6.45) is 8.42. The molecule has 1 aromatic carbocycles. The molecule has 0 saturated heterocycles. The number of aryl methyl sites for hydroxylation is 1. The Morgan fingerprint density at radius 2 is 1.76 bits per heavy atom. The van der Waals surface area contributed by atoms with E-state index in [1.807, 2.05) is 20.8 Å². The standard InChI is InChI=1S/C22H36NO2.C3H7.Cr/c1-6-20(18(2)23-21(24)22(3,4)5)25-17-13-8-7-10-14-19-15-11-9-12-16-19;1-3-2;/h9,11-12,15-16,18,20H,1,6-8,10,13-14,17H2,2-5H3,(H,23,24);1,3H2,2H3;. The van der Waals surface area contributed by atoms with Gasteiger partial charge in [-0.25, -0.2) is 0 Å². The summed E-state index contributed by atoms with van der Waals surface area (Å²) in [7, 11) is 0. The Labute approximate surface area is 186 Å². The van der Waals surface area contributed by atoms with Gasteiger partial charge >= 0.3 is 168 Å². The Kier molecular flexibility index (Phi) is 13.6. The number of nitrogens with one attached hydrogen (secondary N) is 1. The Bertz CT molecular complexity index is 542. The maximum absolute atomic E-state index is 12.4. The number of ether oxygens (including phenoxy) is 1. The van der Waals surface area contributed by atoms with E-state index < -0.39 is 0 Å². The van der Waals surface area contributed by atoms with Gasteiger partial charge in [0.2, 0.25) is 0 Å². The molecule has 0 aliphatic carbocycles. The van der Waals surface area contributed by atoms with Crippen LogP contribution in [0.15, 0.2) is 30.3 Å². The summed E-state index contributed by atoms with van der Waals surface area (Å²) in [5.41, 5.74) is 1.07. The minimum atomic E-state index is -0.357. The van der Waals surface area contributed by atoms with Crippen LogP contribution in [0, 0.1) is 5.41 Å². The molecule has 1 rings (SSSR count). The van der Waals surface area contributed by atoms with Crippen LogP contribution in [0.25, 0.3) is 0 Å². The number of rotatable bonds is 15. The monoisotopic (exact) mass is 441 g/mol. The van der Waals surface area contributed by atoms with Crippen LogP contribution in [0.3, 0.4) is 0 Å². The molecule has 2 unspecified atom stereocenters. The summed E-state index contributed by atoms with van der Waals surface area (Å²) in [6, 6.07) is 10.8. The van der Waals surface area contributed by atoms with Gasteiger partial charge in [0.25, 0.3) is 0 Å². The molecular formula is C25H43CrNO2. The van der Waals surface area contributed by atoms with Gasteiger partial charge in [-0.05, 0) is 0 Å². The zero-order valence-electron chi connectivity index (χ0n) is 19.3. The summed E-state index contributed by atoms with van der Waals surface area (Å²) in [6.45, 7) is 11.0. The first kappa shape index (κ1) is 26.2. The van der Waals surface area contributed by atoms with Crippen LogP contribution in [0.2, 0.25) is 10.6 Å². The molecule has 0 heterocycles. The maximum atomic E-state index is 12.4. The van der Waals surface area contributed by atoms with E-state index in [-0.39, 0.29) is 23.5 Å². The fourth-order valence-corrected chi connectivity index (χ4v) is 4.50. The SMILES string of the molecule is CC[CH2][Cr][CH2]CC(OCCCCCCc1ccccc1)C(C)NC(=O)C(C)(C)C. The third kappa shape index (κ3) is 12.5.